The summed E-state index contributed by atoms with van der Waals surface area (Å²) in [5.74, 6) is -1.59. The van der Waals surface area contributed by atoms with Crippen LogP contribution in [0.5, 0.6) is 0 Å². The van der Waals surface area contributed by atoms with E-state index < -0.39 is 17.8 Å². The van der Waals surface area contributed by atoms with Gasteiger partial charge in [0.25, 0.3) is 11.8 Å². The molecule has 8 heteroatoms. The molecule has 2 heterocycles. The predicted molar refractivity (Wildman–Crippen MR) is 143 cm³/mol. The minimum Gasteiger partial charge on any atom is -0.466 e. The fraction of sp³-hybridized carbons (Fsp3) is 0.233. The van der Waals surface area contributed by atoms with E-state index in [0.717, 1.165) is 27.3 Å². The largest absolute Gasteiger partial charge is 0.466 e. The first-order valence-corrected chi connectivity index (χ1v) is 12.3. The molecule has 2 amide bonds. The SMILES string of the molecule is CC(=O)OCCCN1C(=O)C(C#N)=C(C)/C(=C\c2cn(-c3ccccc3)nc2-c2cc(C)ccc2C)C1=O. The van der Waals surface area contributed by atoms with Crippen molar-refractivity contribution in [3.05, 3.63) is 88.1 Å². The zero-order valence-electron chi connectivity index (χ0n) is 21.8. The van der Waals surface area contributed by atoms with Crippen molar-refractivity contribution in [3.8, 4) is 23.0 Å². The molecule has 1 aliphatic rings. The van der Waals surface area contributed by atoms with Gasteiger partial charge in [-0.05, 0) is 62.6 Å². The van der Waals surface area contributed by atoms with Crippen molar-refractivity contribution < 1.29 is 19.1 Å². The lowest BCUT2D eigenvalue weighted by atomic mass is 9.92. The number of aryl methyl sites for hydroxylation is 2. The van der Waals surface area contributed by atoms with Gasteiger partial charge < -0.3 is 4.74 Å². The van der Waals surface area contributed by atoms with Gasteiger partial charge in [0.15, 0.2) is 0 Å². The van der Waals surface area contributed by atoms with E-state index in [1.807, 2.05) is 74.6 Å². The average Bonchev–Trinajstić information content (AvgIpc) is 3.32. The first kappa shape index (κ1) is 26.3. The van der Waals surface area contributed by atoms with Crippen LogP contribution in [0.1, 0.15) is 37.0 Å². The Hall–Kier alpha value is -4.77. The minimum absolute atomic E-state index is 0.0217. The lowest BCUT2D eigenvalue weighted by molar-refractivity contribution is -0.141. The topological polar surface area (TPSA) is 105 Å². The number of esters is 1. The second-order valence-electron chi connectivity index (χ2n) is 9.16. The number of hydrogen-bond acceptors (Lipinski definition) is 6. The summed E-state index contributed by atoms with van der Waals surface area (Å²) < 4.78 is 6.69. The Morgan fingerprint density at radius 1 is 1.08 bits per heavy atom. The number of para-hydroxylation sites is 1. The molecule has 0 unspecified atom stereocenters. The maximum atomic E-state index is 13.5. The van der Waals surface area contributed by atoms with Crippen LogP contribution in [0.15, 0.2) is 71.4 Å². The third-order valence-electron chi connectivity index (χ3n) is 6.37. The van der Waals surface area contributed by atoms with Gasteiger partial charge in [-0.3, -0.25) is 19.3 Å². The first-order valence-electron chi connectivity index (χ1n) is 12.3. The third kappa shape index (κ3) is 5.32. The van der Waals surface area contributed by atoms with Crippen LogP contribution in [-0.4, -0.2) is 45.6 Å². The summed E-state index contributed by atoms with van der Waals surface area (Å²) in [7, 11) is 0. The summed E-state index contributed by atoms with van der Waals surface area (Å²) in [5, 5.41) is 14.6. The Morgan fingerprint density at radius 2 is 1.82 bits per heavy atom. The molecular formula is C30H28N4O4. The zero-order valence-corrected chi connectivity index (χ0v) is 21.8. The second-order valence-corrected chi connectivity index (χ2v) is 9.16. The number of hydrogen-bond donors (Lipinski definition) is 0. The molecule has 192 valence electrons. The van der Waals surface area contributed by atoms with Crippen molar-refractivity contribution in [2.45, 2.75) is 34.1 Å². The predicted octanol–water partition coefficient (Wildman–Crippen LogP) is 4.70. The molecule has 0 fully saturated rings. The maximum Gasteiger partial charge on any atom is 0.302 e. The molecule has 4 rings (SSSR count). The van der Waals surface area contributed by atoms with E-state index in [9.17, 15) is 19.6 Å². The van der Waals surface area contributed by atoms with E-state index >= 15 is 0 Å². The highest BCUT2D eigenvalue weighted by molar-refractivity contribution is 6.19. The number of ether oxygens (including phenoxy) is 1. The Labute approximate surface area is 221 Å². The smallest absolute Gasteiger partial charge is 0.302 e. The van der Waals surface area contributed by atoms with Crippen molar-refractivity contribution in [1.82, 2.24) is 14.7 Å². The number of rotatable bonds is 7. The van der Waals surface area contributed by atoms with Gasteiger partial charge in [0.2, 0.25) is 0 Å². The van der Waals surface area contributed by atoms with Crippen LogP contribution in [0.4, 0.5) is 0 Å². The fourth-order valence-electron chi connectivity index (χ4n) is 4.33. The van der Waals surface area contributed by atoms with Gasteiger partial charge in [-0.2, -0.15) is 10.4 Å². The van der Waals surface area contributed by atoms with Crippen LogP contribution in [0, 0.1) is 25.2 Å². The van der Waals surface area contributed by atoms with Gasteiger partial charge in [-0.15, -0.1) is 0 Å². The average molecular weight is 509 g/mol. The number of benzene rings is 2. The van der Waals surface area contributed by atoms with E-state index in [2.05, 4.69) is 0 Å². The molecule has 1 aliphatic heterocycles. The number of amides is 2. The second kappa shape index (κ2) is 11.1. The Morgan fingerprint density at radius 3 is 2.50 bits per heavy atom. The molecule has 8 nitrogen and oxygen atoms in total. The number of carbonyl (C=O) groups excluding carboxylic acids is 3. The van der Waals surface area contributed by atoms with Crippen molar-refractivity contribution in [3.63, 3.8) is 0 Å². The molecule has 0 saturated heterocycles. The summed E-state index contributed by atoms with van der Waals surface area (Å²) >= 11 is 0. The fourth-order valence-corrected chi connectivity index (χ4v) is 4.33. The molecule has 3 aromatic rings. The number of imide groups is 1. The van der Waals surface area contributed by atoms with E-state index in [0.29, 0.717) is 16.8 Å². The molecule has 38 heavy (non-hydrogen) atoms. The first-order chi connectivity index (χ1) is 18.2. The minimum atomic E-state index is -0.648. The Bertz CT molecular complexity index is 1520. The maximum absolute atomic E-state index is 13.5. The highest BCUT2D eigenvalue weighted by Crippen LogP contribution is 2.32. The Balaban J connectivity index is 1.84. The van der Waals surface area contributed by atoms with Crippen LogP contribution < -0.4 is 0 Å². The van der Waals surface area contributed by atoms with Gasteiger partial charge in [0, 0.05) is 36.4 Å². The summed E-state index contributed by atoms with van der Waals surface area (Å²) in [5.41, 5.74) is 5.70. The van der Waals surface area contributed by atoms with E-state index in [1.165, 1.54) is 6.92 Å². The number of carbonyl (C=O) groups is 3. The molecular weight excluding hydrogens is 480 g/mol. The number of nitrogens with zero attached hydrogens (tertiary/aromatic N) is 4. The highest BCUT2D eigenvalue weighted by atomic mass is 16.5. The molecule has 0 saturated carbocycles. The van der Waals surface area contributed by atoms with Crippen molar-refractivity contribution in [2.24, 2.45) is 0 Å². The lowest BCUT2D eigenvalue weighted by Crippen LogP contribution is -2.43. The zero-order chi connectivity index (χ0) is 27.4. The van der Waals surface area contributed by atoms with Crippen LogP contribution in [0.2, 0.25) is 0 Å². The van der Waals surface area contributed by atoms with Gasteiger partial charge in [0.05, 0.1) is 12.3 Å². The Kier molecular flexibility index (Phi) is 7.68. The molecule has 2 aromatic carbocycles. The van der Waals surface area contributed by atoms with Crippen molar-refractivity contribution in [2.75, 3.05) is 13.2 Å². The van der Waals surface area contributed by atoms with Gasteiger partial charge in [-0.1, -0.05) is 35.9 Å². The lowest BCUT2D eigenvalue weighted by Gasteiger charge is -2.27. The van der Waals surface area contributed by atoms with Crippen LogP contribution >= 0.6 is 0 Å². The summed E-state index contributed by atoms with van der Waals surface area (Å²) in [6.07, 6.45) is 3.80. The molecule has 0 bridgehead atoms. The molecule has 0 N–H and O–H groups in total. The monoisotopic (exact) mass is 508 g/mol. The normalized spacial score (nSPS) is 14.7. The van der Waals surface area contributed by atoms with Crippen LogP contribution in [0.25, 0.3) is 23.0 Å². The van der Waals surface area contributed by atoms with E-state index in [1.54, 1.807) is 17.7 Å². The van der Waals surface area contributed by atoms with Gasteiger partial charge in [0.1, 0.15) is 17.3 Å². The number of nitriles is 1. The summed E-state index contributed by atoms with van der Waals surface area (Å²) in [4.78, 5) is 38.6. The van der Waals surface area contributed by atoms with Crippen molar-refractivity contribution in [1.29, 1.82) is 5.26 Å². The molecule has 0 radical (unpaired) electrons. The quantitative estimate of drug-likeness (QED) is 0.198. The van der Waals surface area contributed by atoms with Crippen LogP contribution in [-0.2, 0) is 19.1 Å². The van der Waals surface area contributed by atoms with Crippen molar-refractivity contribution >= 4 is 23.9 Å². The van der Waals surface area contributed by atoms with Gasteiger partial charge >= 0.3 is 5.97 Å². The number of aromatic nitrogens is 2. The molecule has 0 atom stereocenters. The van der Waals surface area contributed by atoms with E-state index in [4.69, 9.17) is 9.84 Å². The highest BCUT2D eigenvalue weighted by Gasteiger charge is 2.35. The molecule has 0 aliphatic carbocycles. The molecule has 1 aromatic heterocycles. The summed E-state index contributed by atoms with van der Waals surface area (Å²) in [6.45, 7) is 6.99. The third-order valence-corrected chi connectivity index (χ3v) is 6.37. The molecule has 0 spiro atoms. The van der Waals surface area contributed by atoms with Gasteiger partial charge in [-0.25, -0.2) is 4.68 Å². The van der Waals surface area contributed by atoms with Crippen LogP contribution in [0.3, 0.4) is 0 Å². The van der Waals surface area contributed by atoms with E-state index in [-0.39, 0.29) is 30.7 Å². The standard InChI is InChI=1S/C30H28N4O4/c1-19-11-12-20(2)25(15-19)28-23(18-34(32-28)24-9-6-5-7-10-24)16-26-21(3)27(17-31)30(37)33(29(26)36)13-8-14-38-22(4)35/h5-7,9-12,15-16,18H,8,13-14H2,1-4H3/b26-16+. The summed E-state index contributed by atoms with van der Waals surface area (Å²) in [6, 6.07) is 17.7.